The van der Waals surface area contributed by atoms with Gasteiger partial charge >= 0.3 is 0 Å². The third kappa shape index (κ3) is 4.28. The molecule has 5 heteroatoms. The standard InChI is InChI=1S/C14H25N3O2/c1-10(2)6-12-15-13(19-16-12)8-17-7-11(3)18-14(4,5)9-17/h10-11H,6-9H2,1-5H3. The summed E-state index contributed by atoms with van der Waals surface area (Å²) in [4.78, 5) is 6.78. The SMILES string of the molecule is CC(C)Cc1noc(CN2CC(C)OC(C)(C)C2)n1. The van der Waals surface area contributed by atoms with Crippen molar-refractivity contribution in [3.05, 3.63) is 11.7 Å². The molecule has 0 amide bonds. The Morgan fingerprint density at radius 1 is 1.42 bits per heavy atom. The highest BCUT2D eigenvalue weighted by molar-refractivity contribution is 4.90. The first-order chi connectivity index (χ1) is 8.84. The fourth-order valence-corrected chi connectivity index (χ4v) is 2.70. The molecular weight excluding hydrogens is 242 g/mol. The molecule has 1 fully saturated rings. The molecule has 1 saturated heterocycles. The van der Waals surface area contributed by atoms with E-state index in [9.17, 15) is 0 Å². The lowest BCUT2D eigenvalue weighted by atomic mass is 10.1. The molecular formula is C14H25N3O2. The van der Waals surface area contributed by atoms with Crippen LogP contribution in [-0.4, -0.2) is 39.8 Å². The number of ether oxygens (including phenoxy) is 1. The first-order valence-corrected chi connectivity index (χ1v) is 7.06. The molecule has 0 radical (unpaired) electrons. The Hall–Kier alpha value is -0.940. The lowest BCUT2D eigenvalue weighted by Gasteiger charge is -2.41. The molecule has 2 rings (SSSR count). The van der Waals surface area contributed by atoms with E-state index in [-0.39, 0.29) is 11.7 Å². The van der Waals surface area contributed by atoms with Crippen molar-refractivity contribution in [3.63, 3.8) is 0 Å². The second-order valence-corrected chi connectivity index (χ2v) is 6.56. The number of morpholine rings is 1. The number of aromatic nitrogens is 2. The summed E-state index contributed by atoms with van der Waals surface area (Å²) in [6.07, 6.45) is 1.11. The van der Waals surface area contributed by atoms with Crippen LogP contribution in [-0.2, 0) is 17.7 Å². The van der Waals surface area contributed by atoms with Gasteiger partial charge in [-0.2, -0.15) is 4.98 Å². The Kier molecular flexibility index (Phi) is 4.26. The van der Waals surface area contributed by atoms with Crippen LogP contribution < -0.4 is 0 Å². The van der Waals surface area contributed by atoms with Gasteiger partial charge in [-0.3, -0.25) is 4.90 Å². The smallest absolute Gasteiger partial charge is 0.240 e. The van der Waals surface area contributed by atoms with Gasteiger partial charge in [-0.1, -0.05) is 19.0 Å². The summed E-state index contributed by atoms with van der Waals surface area (Å²) >= 11 is 0. The van der Waals surface area contributed by atoms with Crippen molar-refractivity contribution in [2.45, 2.75) is 59.3 Å². The third-order valence-electron chi connectivity index (χ3n) is 3.10. The van der Waals surface area contributed by atoms with Gasteiger partial charge in [0, 0.05) is 19.5 Å². The molecule has 1 aromatic heterocycles. The van der Waals surface area contributed by atoms with Crippen molar-refractivity contribution in [1.29, 1.82) is 0 Å². The van der Waals surface area contributed by atoms with Crippen LogP contribution in [0, 0.1) is 5.92 Å². The molecule has 1 aromatic rings. The highest BCUT2D eigenvalue weighted by Crippen LogP contribution is 2.22. The molecule has 108 valence electrons. The molecule has 0 aromatic carbocycles. The molecule has 0 saturated carbocycles. The van der Waals surface area contributed by atoms with Crippen molar-refractivity contribution in [1.82, 2.24) is 15.0 Å². The number of nitrogens with zero attached hydrogens (tertiary/aromatic N) is 3. The Labute approximate surface area is 115 Å². The van der Waals surface area contributed by atoms with Crippen molar-refractivity contribution < 1.29 is 9.26 Å². The molecule has 0 spiro atoms. The van der Waals surface area contributed by atoms with Crippen LogP contribution in [0.3, 0.4) is 0 Å². The summed E-state index contributed by atoms with van der Waals surface area (Å²) in [5.41, 5.74) is -0.113. The van der Waals surface area contributed by atoms with Gasteiger partial charge in [-0.25, -0.2) is 0 Å². The molecule has 0 bridgehead atoms. The zero-order valence-electron chi connectivity index (χ0n) is 12.6. The predicted molar refractivity (Wildman–Crippen MR) is 72.7 cm³/mol. The molecule has 1 aliphatic heterocycles. The second-order valence-electron chi connectivity index (χ2n) is 6.56. The fraction of sp³-hybridized carbons (Fsp3) is 0.857. The van der Waals surface area contributed by atoms with Gasteiger partial charge in [0.1, 0.15) is 0 Å². The van der Waals surface area contributed by atoms with Gasteiger partial charge in [-0.15, -0.1) is 0 Å². The maximum absolute atomic E-state index is 5.89. The molecule has 1 aliphatic rings. The average Bonchev–Trinajstić information content (AvgIpc) is 2.60. The first kappa shape index (κ1) is 14.5. The molecule has 5 nitrogen and oxygen atoms in total. The minimum Gasteiger partial charge on any atom is -0.370 e. The van der Waals surface area contributed by atoms with Gasteiger partial charge in [0.15, 0.2) is 5.82 Å². The summed E-state index contributed by atoms with van der Waals surface area (Å²) in [7, 11) is 0. The molecule has 0 N–H and O–H groups in total. The molecule has 0 aliphatic carbocycles. The monoisotopic (exact) mass is 267 g/mol. The van der Waals surface area contributed by atoms with E-state index >= 15 is 0 Å². The molecule has 2 heterocycles. The summed E-state index contributed by atoms with van der Waals surface area (Å²) in [6.45, 7) is 13.2. The van der Waals surface area contributed by atoms with Gasteiger partial charge in [0.25, 0.3) is 0 Å². The zero-order chi connectivity index (χ0) is 14.0. The van der Waals surface area contributed by atoms with Crippen LogP contribution >= 0.6 is 0 Å². The second kappa shape index (κ2) is 5.59. The van der Waals surface area contributed by atoms with Crippen molar-refractivity contribution >= 4 is 0 Å². The quantitative estimate of drug-likeness (QED) is 0.837. The van der Waals surface area contributed by atoms with Crippen molar-refractivity contribution in [3.8, 4) is 0 Å². The van der Waals surface area contributed by atoms with Crippen LogP contribution in [0.2, 0.25) is 0 Å². The first-order valence-electron chi connectivity index (χ1n) is 7.06. The average molecular weight is 267 g/mol. The predicted octanol–water partition coefficient (Wildman–Crippen LogP) is 2.27. The number of rotatable bonds is 4. The molecule has 1 unspecified atom stereocenters. The van der Waals surface area contributed by atoms with Crippen LogP contribution in [0.4, 0.5) is 0 Å². The van der Waals surface area contributed by atoms with Crippen LogP contribution in [0.15, 0.2) is 4.52 Å². The van der Waals surface area contributed by atoms with Crippen molar-refractivity contribution in [2.75, 3.05) is 13.1 Å². The van der Waals surface area contributed by atoms with E-state index in [1.54, 1.807) is 0 Å². The van der Waals surface area contributed by atoms with Gasteiger partial charge in [-0.05, 0) is 26.7 Å². The van der Waals surface area contributed by atoms with Crippen LogP contribution in [0.1, 0.15) is 46.3 Å². The van der Waals surface area contributed by atoms with E-state index in [4.69, 9.17) is 9.26 Å². The maximum Gasteiger partial charge on any atom is 0.240 e. The van der Waals surface area contributed by atoms with E-state index in [0.29, 0.717) is 18.4 Å². The van der Waals surface area contributed by atoms with E-state index in [0.717, 1.165) is 25.3 Å². The Morgan fingerprint density at radius 3 is 2.79 bits per heavy atom. The highest BCUT2D eigenvalue weighted by Gasteiger charge is 2.31. The van der Waals surface area contributed by atoms with E-state index in [1.807, 2.05) is 0 Å². The Bertz CT molecular complexity index is 415. The van der Waals surface area contributed by atoms with Crippen LogP contribution in [0.25, 0.3) is 0 Å². The zero-order valence-corrected chi connectivity index (χ0v) is 12.6. The largest absolute Gasteiger partial charge is 0.370 e. The topological polar surface area (TPSA) is 51.4 Å². The lowest BCUT2D eigenvalue weighted by Crippen LogP contribution is -2.51. The minimum absolute atomic E-state index is 0.113. The molecule has 19 heavy (non-hydrogen) atoms. The maximum atomic E-state index is 5.89. The third-order valence-corrected chi connectivity index (χ3v) is 3.10. The highest BCUT2D eigenvalue weighted by atomic mass is 16.5. The van der Waals surface area contributed by atoms with E-state index in [2.05, 4.69) is 49.7 Å². The number of hydrogen-bond acceptors (Lipinski definition) is 5. The number of hydrogen-bond donors (Lipinski definition) is 0. The fourth-order valence-electron chi connectivity index (χ4n) is 2.70. The van der Waals surface area contributed by atoms with Crippen LogP contribution in [0.5, 0.6) is 0 Å². The molecule has 1 atom stereocenters. The van der Waals surface area contributed by atoms with Gasteiger partial charge in [0.05, 0.1) is 18.2 Å². The summed E-state index contributed by atoms with van der Waals surface area (Å²) in [5, 5.41) is 4.03. The normalized spacial score (nSPS) is 24.0. The summed E-state index contributed by atoms with van der Waals surface area (Å²) in [5.74, 6) is 2.07. The Balaban J connectivity index is 1.95. The lowest BCUT2D eigenvalue weighted by molar-refractivity contribution is -0.132. The van der Waals surface area contributed by atoms with Crippen molar-refractivity contribution in [2.24, 2.45) is 5.92 Å². The van der Waals surface area contributed by atoms with Gasteiger partial charge < -0.3 is 9.26 Å². The summed E-state index contributed by atoms with van der Waals surface area (Å²) < 4.78 is 11.2. The van der Waals surface area contributed by atoms with Gasteiger partial charge in [0.2, 0.25) is 5.89 Å². The van der Waals surface area contributed by atoms with E-state index in [1.165, 1.54) is 0 Å². The Morgan fingerprint density at radius 2 is 2.16 bits per heavy atom. The summed E-state index contributed by atoms with van der Waals surface area (Å²) in [6, 6.07) is 0. The van der Waals surface area contributed by atoms with E-state index < -0.39 is 0 Å². The minimum atomic E-state index is -0.113.